The van der Waals surface area contributed by atoms with Crippen LogP contribution in [0.3, 0.4) is 0 Å². The molecule has 0 atom stereocenters. The molecule has 0 aromatic carbocycles. The van der Waals surface area contributed by atoms with Gasteiger partial charge in [-0.15, -0.1) is 11.3 Å². The first kappa shape index (κ1) is 13.9. The van der Waals surface area contributed by atoms with Crippen LogP contribution in [-0.4, -0.2) is 32.8 Å². The number of aromatic nitrogens is 3. The van der Waals surface area contributed by atoms with Gasteiger partial charge in [-0.1, -0.05) is 0 Å². The Hall–Kier alpha value is -2.02. The normalized spacial score (nSPS) is 13.8. The van der Waals surface area contributed by atoms with Crippen LogP contribution in [-0.2, 0) is 19.4 Å². The van der Waals surface area contributed by atoms with Crippen LogP contribution in [0.2, 0.25) is 0 Å². The molecule has 0 saturated carbocycles. The predicted octanol–water partition coefficient (Wildman–Crippen LogP) is 1.38. The second-order valence-electron chi connectivity index (χ2n) is 5.14. The zero-order valence-electron chi connectivity index (χ0n) is 11.8. The molecule has 1 N–H and O–H groups in total. The lowest BCUT2D eigenvalue weighted by Gasteiger charge is -2.14. The average molecular weight is 304 g/mol. The summed E-state index contributed by atoms with van der Waals surface area (Å²) in [6.45, 7) is 0.470. The molecule has 0 radical (unpaired) electrons. The van der Waals surface area contributed by atoms with Crippen LogP contribution in [0.1, 0.15) is 38.9 Å². The fourth-order valence-corrected chi connectivity index (χ4v) is 3.61. The van der Waals surface area contributed by atoms with E-state index in [1.165, 1.54) is 29.6 Å². The number of hydrogen-bond acceptors (Lipinski definition) is 5. The predicted molar refractivity (Wildman–Crippen MR) is 79.4 cm³/mol. The minimum atomic E-state index is -0.318. The van der Waals surface area contributed by atoms with Crippen molar-refractivity contribution in [2.24, 2.45) is 0 Å². The highest BCUT2D eigenvalue weighted by atomic mass is 32.1. The molecule has 0 aliphatic heterocycles. The highest BCUT2D eigenvalue weighted by Gasteiger charge is 2.18. The molecule has 2 aromatic rings. The maximum absolute atomic E-state index is 12.2. The molecule has 6 nitrogen and oxygen atoms in total. The lowest BCUT2D eigenvalue weighted by Crippen LogP contribution is -2.27. The van der Waals surface area contributed by atoms with Gasteiger partial charge in [-0.25, -0.2) is 9.97 Å². The van der Waals surface area contributed by atoms with Gasteiger partial charge in [0.25, 0.3) is 11.5 Å². The fraction of sp³-hybridized carbons (Fsp3) is 0.429. The first-order valence-electron chi connectivity index (χ1n) is 6.91. The molecule has 110 valence electrons. The van der Waals surface area contributed by atoms with Gasteiger partial charge in [0.1, 0.15) is 10.7 Å². The molecular weight excluding hydrogens is 288 g/mol. The summed E-state index contributed by atoms with van der Waals surface area (Å²) in [4.78, 5) is 37.1. The third-order valence-electron chi connectivity index (χ3n) is 3.50. The second-order valence-corrected chi connectivity index (χ2v) is 6.31. The Bertz CT molecular complexity index is 678. The summed E-state index contributed by atoms with van der Waals surface area (Å²) >= 11 is 1.70. The summed E-state index contributed by atoms with van der Waals surface area (Å²) in [5, 5.41) is 0.960. The Labute approximate surface area is 125 Å². The molecule has 0 fully saturated rings. The van der Waals surface area contributed by atoms with E-state index in [9.17, 15) is 9.59 Å². The summed E-state index contributed by atoms with van der Waals surface area (Å²) in [6, 6.07) is 0. The standard InChI is InChI=1S/C14H16N4O2S/c1-18(14(20)10-6-16-12(19)7-15-10)8-13-17-9-4-2-3-5-11(9)21-13/h6-7H,2-5,8H2,1H3,(H,16,19). The van der Waals surface area contributed by atoms with Gasteiger partial charge in [0.2, 0.25) is 0 Å². The second kappa shape index (κ2) is 5.77. The van der Waals surface area contributed by atoms with E-state index >= 15 is 0 Å². The van der Waals surface area contributed by atoms with Crippen LogP contribution in [0.15, 0.2) is 17.2 Å². The van der Waals surface area contributed by atoms with Crippen molar-refractivity contribution in [1.29, 1.82) is 0 Å². The van der Waals surface area contributed by atoms with Crippen molar-refractivity contribution in [1.82, 2.24) is 19.9 Å². The summed E-state index contributed by atoms with van der Waals surface area (Å²) in [6.07, 6.45) is 7.03. The molecule has 7 heteroatoms. The van der Waals surface area contributed by atoms with E-state index in [4.69, 9.17) is 0 Å². The van der Waals surface area contributed by atoms with Gasteiger partial charge in [0, 0.05) is 18.1 Å². The molecule has 0 spiro atoms. The molecule has 0 unspecified atom stereocenters. The van der Waals surface area contributed by atoms with Crippen LogP contribution in [0.5, 0.6) is 0 Å². The number of aromatic amines is 1. The zero-order valence-corrected chi connectivity index (χ0v) is 12.6. The number of aryl methyl sites for hydroxylation is 2. The number of H-pyrrole nitrogens is 1. The number of nitrogens with one attached hydrogen (secondary N) is 1. The van der Waals surface area contributed by atoms with Crippen molar-refractivity contribution in [3.05, 3.63) is 44.0 Å². The third kappa shape index (κ3) is 3.02. The Balaban J connectivity index is 1.72. The first-order valence-corrected chi connectivity index (χ1v) is 7.73. The fourth-order valence-electron chi connectivity index (χ4n) is 2.40. The van der Waals surface area contributed by atoms with E-state index in [0.29, 0.717) is 6.54 Å². The maximum atomic E-state index is 12.2. The van der Waals surface area contributed by atoms with Crippen molar-refractivity contribution in [2.45, 2.75) is 32.2 Å². The minimum absolute atomic E-state index is 0.223. The molecule has 2 aromatic heterocycles. The molecule has 2 heterocycles. The molecule has 1 amide bonds. The molecular formula is C14H16N4O2S. The SMILES string of the molecule is CN(Cc1nc2c(s1)CCCC2)C(=O)c1c[nH]c(=O)cn1. The number of hydrogen-bond donors (Lipinski definition) is 1. The Morgan fingerprint density at radius 2 is 2.24 bits per heavy atom. The van der Waals surface area contributed by atoms with Gasteiger partial charge in [-0.2, -0.15) is 0 Å². The van der Waals surface area contributed by atoms with Crippen molar-refractivity contribution in [3.8, 4) is 0 Å². The topological polar surface area (TPSA) is 79.0 Å². The van der Waals surface area contributed by atoms with Gasteiger partial charge in [-0.3, -0.25) is 9.59 Å². The van der Waals surface area contributed by atoms with E-state index in [1.54, 1.807) is 23.3 Å². The van der Waals surface area contributed by atoms with Gasteiger partial charge in [0.05, 0.1) is 18.4 Å². The van der Waals surface area contributed by atoms with Crippen LogP contribution in [0, 0.1) is 0 Å². The van der Waals surface area contributed by atoms with Gasteiger partial charge in [-0.05, 0) is 25.7 Å². The highest BCUT2D eigenvalue weighted by molar-refractivity contribution is 7.11. The summed E-state index contributed by atoms with van der Waals surface area (Å²) in [5.41, 5.74) is 1.12. The number of thiazole rings is 1. The Kier molecular flexibility index (Phi) is 3.83. The van der Waals surface area contributed by atoms with E-state index in [1.807, 2.05) is 0 Å². The van der Waals surface area contributed by atoms with Crippen LogP contribution in [0.4, 0.5) is 0 Å². The zero-order chi connectivity index (χ0) is 14.8. The quantitative estimate of drug-likeness (QED) is 0.929. The average Bonchev–Trinajstić information content (AvgIpc) is 2.89. The van der Waals surface area contributed by atoms with E-state index in [0.717, 1.165) is 24.0 Å². The third-order valence-corrected chi connectivity index (χ3v) is 4.64. The number of carbonyl (C=O) groups is 1. The van der Waals surface area contributed by atoms with Crippen molar-refractivity contribution in [2.75, 3.05) is 7.05 Å². The summed E-state index contributed by atoms with van der Waals surface area (Å²) in [5.74, 6) is -0.223. The van der Waals surface area contributed by atoms with Crippen LogP contribution < -0.4 is 5.56 Å². The van der Waals surface area contributed by atoms with Gasteiger partial charge < -0.3 is 9.88 Å². The van der Waals surface area contributed by atoms with Crippen molar-refractivity contribution >= 4 is 17.2 Å². The maximum Gasteiger partial charge on any atom is 0.274 e. The van der Waals surface area contributed by atoms with Gasteiger partial charge in [0.15, 0.2) is 0 Å². The van der Waals surface area contributed by atoms with Crippen LogP contribution >= 0.6 is 11.3 Å². The number of nitrogens with zero attached hydrogens (tertiary/aromatic N) is 3. The lowest BCUT2D eigenvalue weighted by molar-refractivity contribution is 0.0778. The molecule has 21 heavy (non-hydrogen) atoms. The molecule has 0 bridgehead atoms. The monoisotopic (exact) mass is 304 g/mol. The van der Waals surface area contributed by atoms with Crippen molar-refractivity contribution < 1.29 is 4.79 Å². The summed E-state index contributed by atoms with van der Waals surface area (Å²) in [7, 11) is 1.72. The lowest BCUT2D eigenvalue weighted by atomic mass is 10.0. The number of rotatable bonds is 3. The van der Waals surface area contributed by atoms with Gasteiger partial charge >= 0.3 is 0 Å². The largest absolute Gasteiger partial charge is 0.334 e. The molecule has 0 saturated heterocycles. The minimum Gasteiger partial charge on any atom is -0.334 e. The Morgan fingerprint density at radius 1 is 1.43 bits per heavy atom. The van der Waals surface area contributed by atoms with E-state index in [-0.39, 0.29) is 17.2 Å². The Morgan fingerprint density at radius 3 is 2.95 bits per heavy atom. The van der Waals surface area contributed by atoms with E-state index in [2.05, 4.69) is 15.0 Å². The van der Waals surface area contributed by atoms with E-state index < -0.39 is 0 Å². The van der Waals surface area contributed by atoms with Crippen molar-refractivity contribution in [3.63, 3.8) is 0 Å². The number of amides is 1. The molecule has 1 aliphatic rings. The summed E-state index contributed by atoms with van der Waals surface area (Å²) < 4.78 is 0. The van der Waals surface area contributed by atoms with Crippen LogP contribution in [0.25, 0.3) is 0 Å². The highest BCUT2D eigenvalue weighted by Crippen LogP contribution is 2.27. The smallest absolute Gasteiger partial charge is 0.274 e. The molecule has 3 rings (SSSR count). The molecule has 1 aliphatic carbocycles. The number of carbonyl (C=O) groups excluding carboxylic acids is 1. The first-order chi connectivity index (χ1) is 10.1. The number of fused-ring (bicyclic) bond motifs is 1.